The van der Waals surface area contributed by atoms with E-state index < -0.39 is 0 Å². The van der Waals surface area contributed by atoms with Gasteiger partial charge in [0.1, 0.15) is 18.2 Å². The number of hydrogen-bond donors (Lipinski definition) is 1. The summed E-state index contributed by atoms with van der Waals surface area (Å²) in [5.74, 6) is 1.79. The largest absolute Gasteiger partial charge is 0.485 e. The molecule has 3 rings (SSSR count). The minimum atomic E-state index is 0.278. The fourth-order valence-corrected chi connectivity index (χ4v) is 2.06. The lowest BCUT2D eigenvalue weighted by molar-refractivity contribution is 0.299. The first-order valence-corrected chi connectivity index (χ1v) is 6.29. The fraction of sp³-hybridized carbons (Fsp3) is 0.133. The van der Waals surface area contributed by atoms with Gasteiger partial charge in [0.25, 0.3) is 0 Å². The summed E-state index contributed by atoms with van der Waals surface area (Å²) in [6.45, 7) is 2.16. The third-order valence-electron chi connectivity index (χ3n) is 2.88. The predicted molar refractivity (Wildman–Crippen MR) is 77.3 cm³/mol. The summed E-state index contributed by atoms with van der Waals surface area (Å²) in [4.78, 5) is 12.7. The van der Waals surface area contributed by atoms with Crippen molar-refractivity contribution in [2.24, 2.45) is 0 Å². The molecule has 0 aliphatic rings. The lowest BCUT2D eigenvalue weighted by Gasteiger charge is -2.08. The quantitative estimate of drug-likeness (QED) is 0.788. The molecular weight excluding hydrogens is 252 g/mol. The highest BCUT2D eigenvalue weighted by atomic mass is 16.5. The smallest absolute Gasteiger partial charge is 0.168 e. The van der Waals surface area contributed by atoms with Gasteiger partial charge in [-0.15, -0.1) is 0 Å². The standard InChI is InChI=1S/C15H14N4O/c1-10-8-14(16)19-15(18-10)9-20-13-6-2-5-12-11(13)4-3-7-17-12/h2-8H,9H2,1H3,(H2,16,18,19). The Balaban J connectivity index is 1.87. The number of aromatic nitrogens is 3. The van der Waals surface area contributed by atoms with E-state index in [1.807, 2.05) is 37.3 Å². The van der Waals surface area contributed by atoms with Crippen molar-refractivity contribution >= 4 is 16.7 Å². The Morgan fingerprint density at radius 1 is 1.15 bits per heavy atom. The molecule has 0 spiro atoms. The highest BCUT2D eigenvalue weighted by Gasteiger charge is 2.05. The Morgan fingerprint density at radius 3 is 2.90 bits per heavy atom. The van der Waals surface area contributed by atoms with E-state index in [0.29, 0.717) is 11.6 Å². The van der Waals surface area contributed by atoms with Crippen molar-refractivity contribution in [3.05, 3.63) is 54.1 Å². The van der Waals surface area contributed by atoms with Crippen molar-refractivity contribution < 1.29 is 4.74 Å². The van der Waals surface area contributed by atoms with Crippen LogP contribution >= 0.6 is 0 Å². The second-order valence-corrected chi connectivity index (χ2v) is 4.47. The number of nitrogens with two attached hydrogens (primary N) is 1. The van der Waals surface area contributed by atoms with Crippen LogP contribution < -0.4 is 10.5 Å². The maximum Gasteiger partial charge on any atom is 0.168 e. The zero-order valence-corrected chi connectivity index (χ0v) is 11.1. The number of nitrogens with zero attached hydrogens (tertiary/aromatic N) is 3. The van der Waals surface area contributed by atoms with Crippen LogP contribution in [0.1, 0.15) is 11.5 Å². The molecule has 5 heteroatoms. The molecule has 1 aromatic carbocycles. The van der Waals surface area contributed by atoms with Gasteiger partial charge in [0.2, 0.25) is 0 Å². The molecule has 0 aliphatic heterocycles. The summed E-state index contributed by atoms with van der Waals surface area (Å²) in [5.41, 5.74) is 7.43. The monoisotopic (exact) mass is 266 g/mol. The molecule has 0 fully saturated rings. The molecule has 5 nitrogen and oxygen atoms in total. The Kier molecular flexibility index (Phi) is 3.16. The molecule has 0 radical (unpaired) electrons. The van der Waals surface area contributed by atoms with Gasteiger partial charge in [-0.3, -0.25) is 4.98 Å². The van der Waals surface area contributed by atoms with Crippen LogP contribution in [0.25, 0.3) is 10.9 Å². The Bertz CT molecular complexity index is 732. The molecule has 2 aromatic heterocycles. The van der Waals surface area contributed by atoms with Crippen LogP contribution in [0.15, 0.2) is 42.6 Å². The summed E-state index contributed by atoms with van der Waals surface area (Å²) in [7, 11) is 0. The molecule has 0 unspecified atom stereocenters. The topological polar surface area (TPSA) is 73.9 Å². The van der Waals surface area contributed by atoms with Gasteiger partial charge in [-0.25, -0.2) is 9.97 Å². The van der Waals surface area contributed by atoms with Crippen LogP contribution in [0.3, 0.4) is 0 Å². The average Bonchev–Trinajstić information content (AvgIpc) is 2.44. The molecule has 0 saturated heterocycles. The van der Waals surface area contributed by atoms with Gasteiger partial charge in [0.15, 0.2) is 5.82 Å². The molecule has 0 saturated carbocycles. The molecule has 0 amide bonds. The maximum atomic E-state index is 5.79. The van der Waals surface area contributed by atoms with Gasteiger partial charge in [0.05, 0.1) is 5.52 Å². The summed E-state index contributed by atoms with van der Waals surface area (Å²) in [5, 5.41) is 0.968. The fourth-order valence-electron chi connectivity index (χ4n) is 2.06. The van der Waals surface area contributed by atoms with Crippen molar-refractivity contribution in [2.45, 2.75) is 13.5 Å². The van der Waals surface area contributed by atoms with E-state index in [-0.39, 0.29) is 6.61 Å². The van der Waals surface area contributed by atoms with Crippen molar-refractivity contribution in [3.8, 4) is 5.75 Å². The third kappa shape index (κ3) is 2.51. The Morgan fingerprint density at radius 2 is 2.05 bits per heavy atom. The van der Waals surface area contributed by atoms with Crippen LogP contribution in [0.4, 0.5) is 5.82 Å². The van der Waals surface area contributed by atoms with Crippen LogP contribution in [0.5, 0.6) is 5.75 Å². The number of hydrogen-bond acceptors (Lipinski definition) is 5. The highest BCUT2D eigenvalue weighted by molar-refractivity contribution is 5.84. The molecule has 0 bridgehead atoms. The van der Waals surface area contributed by atoms with Gasteiger partial charge in [-0.1, -0.05) is 6.07 Å². The molecule has 20 heavy (non-hydrogen) atoms. The van der Waals surface area contributed by atoms with Crippen molar-refractivity contribution in [1.29, 1.82) is 0 Å². The van der Waals surface area contributed by atoms with Crippen LogP contribution in [0, 0.1) is 6.92 Å². The number of pyridine rings is 1. The van der Waals surface area contributed by atoms with Crippen LogP contribution in [-0.4, -0.2) is 15.0 Å². The van der Waals surface area contributed by atoms with Gasteiger partial charge in [0, 0.05) is 23.3 Å². The van der Waals surface area contributed by atoms with Gasteiger partial charge in [-0.05, 0) is 31.2 Å². The second kappa shape index (κ2) is 5.13. The summed E-state index contributed by atoms with van der Waals surface area (Å²) >= 11 is 0. The lowest BCUT2D eigenvalue weighted by Crippen LogP contribution is -2.05. The number of rotatable bonds is 3. The number of benzene rings is 1. The summed E-state index contributed by atoms with van der Waals surface area (Å²) < 4.78 is 5.79. The van der Waals surface area contributed by atoms with E-state index in [9.17, 15) is 0 Å². The van der Waals surface area contributed by atoms with Crippen molar-refractivity contribution in [2.75, 3.05) is 5.73 Å². The first-order valence-electron chi connectivity index (χ1n) is 6.29. The summed E-state index contributed by atoms with van der Waals surface area (Å²) in [6.07, 6.45) is 1.76. The minimum absolute atomic E-state index is 0.278. The first-order chi connectivity index (χ1) is 9.72. The van der Waals surface area contributed by atoms with Gasteiger partial charge in [-0.2, -0.15) is 0 Å². The zero-order valence-electron chi connectivity index (χ0n) is 11.1. The normalized spacial score (nSPS) is 10.7. The lowest BCUT2D eigenvalue weighted by atomic mass is 10.2. The molecule has 2 heterocycles. The van der Waals surface area contributed by atoms with Gasteiger partial charge >= 0.3 is 0 Å². The van der Waals surface area contributed by atoms with E-state index in [4.69, 9.17) is 10.5 Å². The minimum Gasteiger partial charge on any atom is -0.485 e. The van der Waals surface area contributed by atoms with Crippen molar-refractivity contribution in [3.63, 3.8) is 0 Å². The van der Waals surface area contributed by atoms with E-state index in [2.05, 4.69) is 15.0 Å². The van der Waals surface area contributed by atoms with Crippen LogP contribution in [-0.2, 0) is 6.61 Å². The average molecular weight is 266 g/mol. The molecule has 2 N–H and O–H groups in total. The molecule has 100 valence electrons. The first kappa shape index (κ1) is 12.3. The maximum absolute atomic E-state index is 5.79. The van der Waals surface area contributed by atoms with E-state index in [1.165, 1.54) is 0 Å². The molecular formula is C15H14N4O. The predicted octanol–water partition coefficient (Wildman–Crippen LogP) is 2.49. The number of nitrogen functional groups attached to an aromatic ring is 1. The number of anilines is 1. The van der Waals surface area contributed by atoms with Crippen LogP contribution in [0.2, 0.25) is 0 Å². The highest BCUT2D eigenvalue weighted by Crippen LogP contribution is 2.24. The van der Waals surface area contributed by atoms with E-state index in [0.717, 1.165) is 22.3 Å². The van der Waals surface area contributed by atoms with Crippen molar-refractivity contribution in [1.82, 2.24) is 15.0 Å². The third-order valence-corrected chi connectivity index (χ3v) is 2.88. The number of fused-ring (bicyclic) bond motifs is 1. The molecule has 0 aliphatic carbocycles. The second-order valence-electron chi connectivity index (χ2n) is 4.47. The Hall–Kier alpha value is -2.69. The molecule has 3 aromatic rings. The zero-order chi connectivity index (χ0) is 13.9. The Labute approximate surface area is 116 Å². The number of ether oxygens (including phenoxy) is 1. The van der Waals surface area contributed by atoms with E-state index >= 15 is 0 Å². The van der Waals surface area contributed by atoms with Gasteiger partial charge < -0.3 is 10.5 Å². The SMILES string of the molecule is Cc1cc(N)nc(COc2cccc3ncccc23)n1. The van der Waals surface area contributed by atoms with E-state index in [1.54, 1.807) is 12.3 Å². The number of aryl methyl sites for hydroxylation is 1. The summed E-state index contributed by atoms with van der Waals surface area (Å²) in [6, 6.07) is 11.4. The molecule has 0 atom stereocenters.